The van der Waals surface area contributed by atoms with Crippen LogP contribution in [0.3, 0.4) is 0 Å². The Morgan fingerprint density at radius 3 is 2.78 bits per heavy atom. The van der Waals surface area contributed by atoms with Crippen LogP contribution in [0, 0.1) is 6.92 Å². The number of hydrogen-bond donors (Lipinski definition) is 1. The van der Waals surface area contributed by atoms with Crippen molar-refractivity contribution in [1.29, 1.82) is 0 Å². The molecule has 0 unspecified atom stereocenters. The number of methoxy groups -OCH3 is 1. The van der Waals surface area contributed by atoms with Gasteiger partial charge in [-0.05, 0) is 39.3 Å². The molecule has 23 heavy (non-hydrogen) atoms. The third-order valence-corrected chi connectivity index (χ3v) is 3.73. The van der Waals surface area contributed by atoms with E-state index in [-0.39, 0.29) is 11.4 Å². The van der Waals surface area contributed by atoms with Gasteiger partial charge in [0.1, 0.15) is 5.75 Å². The van der Waals surface area contributed by atoms with Crippen molar-refractivity contribution in [2.45, 2.75) is 46.1 Å². The SMILES string of the molecule is CCCC(C)(C)NC(=O)c1nnn(-c2cccc(OC)c2)c1C. The van der Waals surface area contributed by atoms with Crippen molar-refractivity contribution in [3.63, 3.8) is 0 Å². The summed E-state index contributed by atoms with van der Waals surface area (Å²) >= 11 is 0. The molecular formula is C17H24N4O2. The number of nitrogens with zero attached hydrogens (tertiary/aromatic N) is 3. The van der Waals surface area contributed by atoms with Gasteiger partial charge < -0.3 is 10.1 Å². The van der Waals surface area contributed by atoms with E-state index in [1.807, 2.05) is 45.0 Å². The average molecular weight is 316 g/mol. The summed E-state index contributed by atoms with van der Waals surface area (Å²) < 4.78 is 6.87. The van der Waals surface area contributed by atoms with E-state index in [1.54, 1.807) is 11.8 Å². The summed E-state index contributed by atoms with van der Waals surface area (Å²) in [6, 6.07) is 7.48. The van der Waals surface area contributed by atoms with Crippen LogP contribution in [0.4, 0.5) is 0 Å². The highest BCUT2D eigenvalue weighted by molar-refractivity contribution is 5.93. The Kier molecular flexibility index (Phi) is 5.03. The fraction of sp³-hybridized carbons (Fsp3) is 0.471. The molecule has 124 valence electrons. The molecule has 0 bridgehead atoms. The van der Waals surface area contributed by atoms with E-state index in [4.69, 9.17) is 4.74 Å². The van der Waals surface area contributed by atoms with Crippen LogP contribution in [0.15, 0.2) is 24.3 Å². The van der Waals surface area contributed by atoms with Gasteiger partial charge in [-0.3, -0.25) is 4.79 Å². The number of rotatable bonds is 6. The van der Waals surface area contributed by atoms with Crippen molar-refractivity contribution in [1.82, 2.24) is 20.3 Å². The number of carbonyl (C=O) groups is 1. The predicted molar refractivity (Wildman–Crippen MR) is 89.1 cm³/mol. The van der Waals surface area contributed by atoms with E-state index < -0.39 is 0 Å². The number of carbonyl (C=O) groups excluding carboxylic acids is 1. The lowest BCUT2D eigenvalue weighted by molar-refractivity contribution is 0.0903. The maximum atomic E-state index is 12.5. The van der Waals surface area contributed by atoms with Gasteiger partial charge in [-0.25, -0.2) is 4.68 Å². The van der Waals surface area contributed by atoms with Crippen molar-refractivity contribution >= 4 is 5.91 Å². The van der Waals surface area contributed by atoms with E-state index in [0.29, 0.717) is 11.4 Å². The third-order valence-electron chi connectivity index (χ3n) is 3.73. The molecule has 0 spiro atoms. The molecule has 6 nitrogen and oxygen atoms in total. The monoisotopic (exact) mass is 316 g/mol. The Morgan fingerprint density at radius 2 is 2.13 bits per heavy atom. The molecule has 1 amide bonds. The molecule has 1 heterocycles. The zero-order valence-electron chi connectivity index (χ0n) is 14.4. The highest BCUT2D eigenvalue weighted by Gasteiger charge is 2.24. The zero-order valence-corrected chi connectivity index (χ0v) is 14.4. The molecule has 0 saturated carbocycles. The van der Waals surface area contributed by atoms with Gasteiger partial charge in [0.15, 0.2) is 5.69 Å². The van der Waals surface area contributed by atoms with Gasteiger partial charge in [0.25, 0.3) is 5.91 Å². The van der Waals surface area contributed by atoms with Crippen LogP contribution in [0.1, 0.15) is 49.8 Å². The van der Waals surface area contributed by atoms with Gasteiger partial charge >= 0.3 is 0 Å². The second-order valence-electron chi connectivity index (χ2n) is 6.22. The Bertz CT molecular complexity index is 692. The van der Waals surface area contributed by atoms with Gasteiger partial charge in [0, 0.05) is 11.6 Å². The van der Waals surface area contributed by atoms with E-state index in [2.05, 4.69) is 22.6 Å². The Hall–Kier alpha value is -2.37. The second kappa shape index (κ2) is 6.81. The van der Waals surface area contributed by atoms with Crippen LogP contribution < -0.4 is 10.1 Å². The van der Waals surface area contributed by atoms with Gasteiger partial charge in [-0.15, -0.1) is 5.10 Å². The van der Waals surface area contributed by atoms with Gasteiger partial charge in [0.2, 0.25) is 0 Å². The van der Waals surface area contributed by atoms with E-state index in [0.717, 1.165) is 24.3 Å². The summed E-state index contributed by atoms with van der Waals surface area (Å²) in [5, 5.41) is 11.2. The molecule has 0 atom stereocenters. The molecule has 2 rings (SSSR count). The first-order valence-corrected chi connectivity index (χ1v) is 7.77. The standard InChI is InChI=1S/C17H24N4O2/c1-6-10-17(3,4)18-16(22)15-12(2)21(20-19-15)13-8-7-9-14(11-13)23-5/h7-9,11H,6,10H2,1-5H3,(H,18,22). The Balaban J connectivity index is 2.26. The Morgan fingerprint density at radius 1 is 1.39 bits per heavy atom. The summed E-state index contributed by atoms with van der Waals surface area (Å²) in [4.78, 5) is 12.5. The summed E-state index contributed by atoms with van der Waals surface area (Å²) in [6.07, 6.45) is 1.91. The van der Waals surface area contributed by atoms with E-state index in [9.17, 15) is 4.79 Å². The quantitative estimate of drug-likeness (QED) is 0.889. The largest absolute Gasteiger partial charge is 0.497 e. The van der Waals surface area contributed by atoms with Crippen molar-refractivity contribution in [3.8, 4) is 11.4 Å². The first-order chi connectivity index (χ1) is 10.9. The number of aromatic nitrogens is 3. The Labute approximate surface area is 136 Å². The minimum Gasteiger partial charge on any atom is -0.497 e. The fourth-order valence-electron chi connectivity index (χ4n) is 2.58. The molecule has 0 aliphatic heterocycles. The highest BCUT2D eigenvalue weighted by atomic mass is 16.5. The highest BCUT2D eigenvalue weighted by Crippen LogP contribution is 2.19. The van der Waals surface area contributed by atoms with Crippen LogP contribution in [-0.4, -0.2) is 33.5 Å². The molecule has 1 N–H and O–H groups in total. The van der Waals surface area contributed by atoms with Gasteiger partial charge in [-0.2, -0.15) is 0 Å². The first kappa shape index (κ1) is 17.0. The number of ether oxygens (including phenoxy) is 1. The minimum atomic E-state index is -0.266. The molecule has 1 aromatic carbocycles. The molecule has 2 aromatic rings. The summed E-state index contributed by atoms with van der Waals surface area (Å²) in [7, 11) is 1.61. The van der Waals surface area contributed by atoms with Crippen LogP contribution in [-0.2, 0) is 0 Å². The van der Waals surface area contributed by atoms with Crippen molar-refractivity contribution in [3.05, 3.63) is 35.7 Å². The predicted octanol–water partition coefficient (Wildman–Crippen LogP) is 2.89. The number of hydrogen-bond acceptors (Lipinski definition) is 4. The molecule has 0 saturated heterocycles. The third kappa shape index (κ3) is 3.88. The van der Waals surface area contributed by atoms with Gasteiger partial charge in [0.05, 0.1) is 18.5 Å². The molecule has 6 heteroatoms. The maximum Gasteiger partial charge on any atom is 0.274 e. The molecule has 0 fully saturated rings. The smallest absolute Gasteiger partial charge is 0.274 e. The number of amides is 1. The summed E-state index contributed by atoms with van der Waals surface area (Å²) in [5.41, 5.74) is 1.58. The fourth-order valence-corrected chi connectivity index (χ4v) is 2.58. The van der Waals surface area contributed by atoms with Gasteiger partial charge in [-0.1, -0.05) is 24.6 Å². The molecule has 0 radical (unpaired) electrons. The zero-order chi connectivity index (χ0) is 17.0. The molecule has 0 aliphatic rings. The molecular weight excluding hydrogens is 292 g/mol. The van der Waals surface area contributed by atoms with Crippen molar-refractivity contribution in [2.75, 3.05) is 7.11 Å². The van der Waals surface area contributed by atoms with Crippen LogP contribution >= 0.6 is 0 Å². The maximum absolute atomic E-state index is 12.5. The summed E-state index contributed by atoms with van der Waals surface area (Å²) in [6.45, 7) is 7.95. The van der Waals surface area contributed by atoms with Crippen molar-refractivity contribution < 1.29 is 9.53 Å². The van der Waals surface area contributed by atoms with E-state index >= 15 is 0 Å². The van der Waals surface area contributed by atoms with Crippen LogP contribution in [0.2, 0.25) is 0 Å². The lowest BCUT2D eigenvalue weighted by Gasteiger charge is -2.25. The van der Waals surface area contributed by atoms with Crippen LogP contribution in [0.25, 0.3) is 5.69 Å². The molecule has 1 aromatic heterocycles. The second-order valence-corrected chi connectivity index (χ2v) is 6.22. The topological polar surface area (TPSA) is 69.0 Å². The number of benzene rings is 1. The minimum absolute atomic E-state index is 0.199. The summed E-state index contributed by atoms with van der Waals surface area (Å²) in [5.74, 6) is 0.530. The lowest BCUT2D eigenvalue weighted by Crippen LogP contribution is -2.43. The number of nitrogens with one attached hydrogen (secondary N) is 1. The lowest BCUT2D eigenvalue weighted by atomic mass is 9.99. The first-order valence-electron chi connectivity index (χ1n) is 7.77. The van der Waals surface area contributed by atoms with Crippen LogP contribution in [0.5, 0.6) is 5.75 Å². The normalized spacial score (nSPS) is 11.3. The molecule has 0 aliphatic carbocycles. The van der Waals surface area contributed by atoms with E-state index in [1.165, 1.54) is 0 Å². The average Bonchev–Trinajstić information content (AvgIpc) is 2.88. The van der Waals surface area contributed by atoms with Crippen molar-refractivity contribution in [2.24, 2.45) is 0 Å².